The number of nitrogens with zero attached hydrogens (tertiary/aromatic N) is 3. The number of ether oxygens (including phenoxy) is 4. The maximum absolute atomic E-state index is 14.7. The first-order valence-electron chi connectivity index (χ1n) is 21.4. The van der Waals surface area contributed by atoms with Crippen LogP contribution >= 0.6 is 0 Å². The summed E-state index contributed by atoms with van der Waals surface area (Å²) in [5, 5.41) is 60.7. The van der Waals surface area contributed by atoms with Crippen LogP contribution < -0.4 is 20.8 Å². The second kappa shape index (κ2) is 18.1. The molecule has 16 heteroatoms. The number of amides is 1. The van der Waals surface area contributed by atoms with Crippen molar-refractivity contribution in [3.8, 4) is 17.2 Å². The van der Waals surface area contributed by atoms with Gasteiger partial charge >= 0.3 is 11.8 Å². The maximum Gasteiger partial charge on any atom is 0.312 e. The van der Waals surface area contributed by atoms with E-state index >= 15 is 0 Å². The lowest BCUT2D eigenvalue weighted by molar-refractivity contribution is -0.164. The first-order valence-corrected chi connectivity index (χ1v) is 21.4. The van der Waals surface area contributed by atoms with E-state index in [9.17, 15) is 39.9 Å². The Bertz CT molecular complexity index is 2320. The molecule has 4 aliphatic heterocycles. The quantitative estimate of drug-likeness (QED) is 0.186. The highest BCUT2D eigenvalue weighted by Gasteiger charge is 2.50. The number of Topliss-reactive ketones (excluding diaryl/α,β-unsaturated/α-hetero) is 1. The van der Waals surface area contributed by atoms with Crippen LogP contribution in [0.25, 0.3) is 10.8 Å². The van der Waals surface area contributed by atoms with Gasteiger partial charge in [-0.25, -0.2) is 0 Å². The zero-order valence-corrected chi connectivity index (χ0v) is 37.3. The third-order valence-electron chi connectivity index (χ3n) is 12.9. The number of carbonyl (C=O) groups excluding carboxylic acids is 3. The summed E-state index contributed by atoms with van der Waals surface area (Å²) in [6.07, 6.45) is 4.07. The van der Waals surface area contributed by atoms with E-state index in [1.807, 2.05) is 0 Å². The van der Waals surface area contributed by atoms with Crippen molar-refractivity contribution in [2.45, 2.75) is 111 Å². The van der Waals surface area contributed by atoms with Crippen LogP contribution in [0.15, 0.2) is 46.1 Å². The topological polar surface area (TPSA) is 229 Å². The van der Waals surface area contributed by atoms with Crippen molar-refractivity contribution in [1.82, 2.24) is 4.90 Å². The van der Waals surface area contributed by atoms with Crippen LogP contribution in [0.3, 0.4) is 0 Å². The van der Waals surface area contributed by atoms with Crippen LogP contribution in [-0.4, -0.2) is 117 Å². The number of piperidine rings is 1. The van der Waals surface area contributed by atoms with E-state index in [1.54, 1.807) is 39.8 Å². The highest BCUT2D eigenvalue weighted by molar-refractivity contribution is 6.19. The Morgan fingerprint density at radius 2 is 1.66 bits per heavy atom. The molecule has 2 aromatic carbocycles. The fraction of sp³-hybridized carbons (Fsp3) is 0.587. The maximum atomic E-state index is 14.7. The normalized spacial score (nSPS) is 32.3. The summed E-state index contributed by atoms with van der Waals surface area (Å²) in [5.74, 6) is -7.50. The van der Waals surface area contributed by atoms with Gasteiger partial charge in [0.1, 0.15) is 28.6 Å². The third-order valence-corrected chi connectivity index (χ3v) is 12.9. The zero-order valence-electron chi connectivity index (χ0n) is 37.3. The van der Waals surface area contributed by atoms with Gasteiger partial charge in [0, 0.05) is 93.6 Å². The fourth-order valence-electron chi connectivity index (χ4n) is 9.21. The van der Waals surface area contributed by atoms with Gasteiger partial charge in [-0.15, -0.1) is 0 Å². The number of aliphatic hydroxyl groups is 3. The number of aromatic hydroxyl groups is 2. The van der Waals surface area contributed by atoms with E-state index in [-0.39, 0.29) is 49.6 Å². The molecule has 0 aliphatic carbocycles. The Morgan fingerprint density at radius 1 is 1.00 bits per heavy atom. The summed E-state index contributed by atoms with van der Waals surface area (Å²) in [5.41, 5.74) is -0.687. The molecular formula is C46H62N4O12. The Hall–Kier alpha value is -4.87. The van der Waals surface area contributed by atoms with Crippen molar-refractivity contribution in [2.75, 3.05) is 38.7 Å². The lowest BCUT2D eigenvalue weighted by Gasteiger charge is -2.38. The molecule has 4 heterocycles. The number of hydrogen-bond donors (Lipinski definition) is 6. The highest BCUT2D eigenvalue weighted by atomic mass is 16.7. The summed E-state index contributed by atoms with van der Waals surface area (Å²) >= 11 is 0. The van der Waals surface area contributed by atoms with Crippen molar-refractivity contribution >= 4 is 34.1 Å². The first-order chi connectivity index (χ1) is 29.2. The van der Waals surface area contributed by atoms with Crippen LogP contribution in [0, 0.1) is 36.5 Å². The number of esters is 1. The molecule has 338 valence electrons. The summed E-state index contributed by atoms with van der Waals surface area (Å²) in [6.45, 7) is 16.8. The molecule has 0 saturated carbocycles. The number of hydrogen-bond acceptors (Lipinski definition) is 15. The number of aliphatic hydroxyl groups excluding tert-OH is 3. The minimum atomic E-state index is -2.00. The van der Waals surface area contributed by atoms with Gasteiger partial charge in [-0.1, -0.05) is 52.8 Å². The largest absolute Gasteiger partial charge is 0.507 e. The lowest BCUT2D eigenvalue weighted by Crippen LogP contribution is -2.49. The standard InChI is InChI=1S/C46H62N4O12/c1-22(2)20-50-17-15-46(16-18-50)48-34-31-32-39(55)27(7)42-33(31)43(57)45(9,62-42)60-19-14-30(59-10)25(5)41(61-28(8)52)29(21-51)38(54)26(6)37(53)23(3)12-11-13-24(4)44(58)47-36(40(32)56)35(34)49-46/h11-14,19,22-23,25-26,29-30,37-38,41,51,53-56H,15-18,20-21H2,1-10H3,(H,47,58)/b12-11+,19-14+,24-13-/t23-,25+,26+,29+,30-,37-,38+,41+,45-/m0/s1. The van der Waals surface area contributed by atoms with Crippen LogP contribution in [0.5, 0.6) is 17.2 Å². The number of phenolic OH excluding ortho intramolecular Hbond substituents is 2. The monoisotopic (exact) mass is 862 g/mol. The molecule has 0 aromatic heterocycles. The Balaban J connectivity index is 1.54. The summed E-state index contributed by atoms with van der Waals surface area (Å²) in [4.78, 5) is 53.7. The summed E-state index contributed by atoms with van der Waals surface area (Å²) in [6, 6.07) is 0. The number of likely N-dealkylation sites (tertiary alicyclic amines) is 1. The molecule has 16 nitrogen and oxygen atoms in total. The molecule has 1 amide bonds. The average molecular weight is 863 g/mol. The van der Waals surface area contributed by atoms with Crippen LogP contribution in [0.1, 0.15) is 84.2 Å². The van der Waals surface area contributed by atoms with Crippen LogP contribution in [0.4, 0.5) is 5.69 Å². The zero-order chi connectivity index (χ0) is 45.6. The molecule has 1 spiro atoms. The third kappa shape index (κ3) is 8.59. The first kappa shape index (κ1) is 46.6. The molecule has 6 rings (SSSR count). The Morgan fingerprint density at radius 3 is 2.27 bits per heavy atom. The number of rotatable bonds is 5. The minimum absolute atomic E-state index is 0.0105. The predicted octanol–water partition coefficient (Wildman–Crippen LogP) is 3.72. The predicted molar refractivity (Wildman–Crippen MR) is 229 cm³/mol. The van der Waals surface area contributed by atoms with Gasteiger partial charge in [0.25, 0.3) is 11.7 Å². The van der Waals surface area contributed by atoms with Gasteiger partial charge in [-0.05, 0) is 25.8 Å². The molecule has 62 heavy (non-hydrogen) atoms. The van der Waals surface area contributed by atoms with Gasteiger partial charge in [-0.3, -0.25) is 24.4 Å². The van der Waals surface area contributed by atoms with Gasteiger partial charge in [0.2, 0.25) is 0 Å². The number of allylic oxidation sites excluding steroid dienone is 2. The number of anilines is 1. The fourth-order valence-corrected chi connectivity index (χ4v) is 9.21. The molecular weight excluding hydrogens is 801 g/mol. The van der Waals surface area contributed by atoms with Gasteiger partial charge in [-0.2, -0.15) is 0 Å². The Kier molecular flexibility index (Phi) is 13.6. The molecule has 1 fully saturated rings. The molecule has 4 aliphatic rings. The van der Waals surface area contributed by atoms with Gasteiger partial charge in [0.05, 0.1) is 47.5 Å². The van der Waals surface area contributed by atoms with Crippen molar-refractivity contribution in [3.05, 3.63) is 58.0 Å². The minimum Gasteiger partial charge on any atom is -0.507 e. The van der Waals surface area contributed by atoms with E-state index in [1.165, 1.54) is 46.3 Å². The number of benzene rings is 2. The number of ketones is 1. The van der Waals surface area contributed by atoms with E-state index in [0.29, 0.717) is 31.8 Å². The van der Waals surface area contributed by atoms with E-state index in [0.717, 1.165) is 6.54 Å². The second-order valence-electron chi connectivity index (χ2n) is 17.9. The van der Waals surface area contributed by atoms with Crippen LogP contribution in [-0.2, 0) is 23.8 Å². The SMILES string of the molecule is CO[C@H]1/C=C/O[C@@]2(C)Oc3c(C)c(O)c4c(O)c(c5c(c4c3C2=O)=NC2(CCN(CC(C)C)CC2)N=5)NC(=O)/C(C)=C\C=C\[C@H](C)[C@H](O)[C@@H](C)[C@@H](O)[C@@H](CO)[C@H](OC(C)=O)[C@@H]1C. The van der Waals surface area contributed by atoms with E-state index < -0.39 is 95.3 Å². The number of phenols is 2. The van der Waals surface area contributed by atoms with Gasteiger partial charge < -0.3 is 54.7 Å². The van der Waals surface area contributed by atoms with E-state index in [4.69, 9.17) is 28.9 Å². The Labute approximate surface area is 361 Å². The van der Waals surface area contributed by atoms with Crippen molar-refractivity contribution in [3.63, 3.8) is 0 Å². The molecule has 6 N–H and O–H groups in total. The summed E-state index contributed by atoms with van der Waals surface area (Å²) in [7, 11) is 1.42. The molecule has 0 radical (unpaired) electrons. The van der Waals surface area contributed by atoms with Crippen molar-refractivity contribution < 1.29 is 58.9 Å². The van der Waals surface area contributed by atoms with Crippen molar-refractivity contribution in [2.24, 2.45) is 39.6 Å². The van der Waals surface area contributed by atoms with Crippen molar-refractivity contribution in [1.29, 1.82) is 0 Å². The lowest BCUT2D eigenvalue weighted by atomic mass is 9.78. The molecule has 4 bridgehead atoms. The van der Waals surface area contributed by atoms with E-state index in [2.05, 4.69) is 24.1 Å². The molecule has 2 aromatic rings. The molecule has 0 unspecified atom stereocenters. The number of fused-ring (bicyclic) bond motifs is 1. The summed E-state index contributed by atoms with van der Waals surface area (Å²) < 4.78 is 23.8. The number of methoxy groups -OCH3 is 1. The van der Waals surface area contributed by atoms with Gasteiger partial charge in [0.15, 0.2) is 11.4 Å². The smallest absolute Gasteiger partial charge is 0.312 e. The molecule has 9 atom stereocenters. The number of carbonyl (C=O) groups is 3. The molecule has 1 saturated heterocycles. The highest BCUT2D eigenvalue weighted by Crippen LogP contribution is 2.50. The van der Waals surface area contributed by atoms with Crippen LogP contribution in [0.2, 0.25) is 0 Å². The second-order valence-corrected chi connectivity index (χ2v) is 17.9. The average Bonchev–Trinajstić information content (AvgIpc) is 3.72. The number of nitrogens with one attached hydrogen (secondary N) is 1.